The van der Waals surface area contributed by atoms with Crippen LogP contribution in [0.15, 0.2) is 59.6 Å². The molecule has 0 bridgehead atoms. The van der Waals surface area contributed by atoms with Crippen molar-refractivity contribution in [1.82, 2.24) is 16.0 Å². The highest BCUT2D eigenvalue weighted by atomic mass is 16.4. The smallest absolute Gasteiger partial charge is 0.326 e. The predicted molar refractivity (Wildman–Crippen MR) is 160 cm³/mol. The van der Waals surface area contributed by atoms with Gasteiger partial charge in [0.25, 0.3) is 0 Å². The number of nitrogens with two attached hydrogens (primary N) is 3. The minimum Gasteiger partial charge on any atom is -0.508 e. The van der Waals surface area contributed by atoms with E-state index in [2.05, 4.69) is 20.9 Å². The van der Waals surface area contributed by atoms with Gasteiger partial charge in [-0.25, -0.2) is 4.79 Å². The Morgan fingerprint density at radius 1 is 0.727 bits per heavy atom. The molecule has 0 aliphatic rings. The molecule has 2 aromatic carbocycles. The summed E-state index contributed by atoms with van der Waals surface area (Å²) >= 11 is 0. The first kappa shape index (κ1) is 35.0. The highest BCUT2D eigenvalue weighted by Crippen LogP contribution is 2.12. The van der Waals surface area contributed by atoms with Crippen molar-refractivity contribution in [2.45, 2.75) is 62.7 Å². The second-order valence-corrected chi connectivity index (χ2v) is 10.1. The molecular weight excluding hydrogens is 574 g/mol. The van der Waals surface area contributed by atoms with Gasteiger partial charge in [0.2, 0.25) is 17.7 Å². The molecule has 0 spiro atoms. The molecule has 238 valence electrons. The number of phenolic OH excluding ortho intramolecular Hbond substituents is 1. The van der Waals surface area contributed by atoms with E-state index >= 15 is 0 Å². The monoisotopic (exact) mass is 613 g/mol. The molecule has 0 saturated carbocycles. The zero-order valence-electron chi connectivity index (χ0n) is 24.0. The number of carbonyl (C=O) groups excluding carboxylic acids is 3. The van der Waals surface area contributed by atoms with Crippen LogP contribution in [0.2, 0.25) is 0 Å². The largest absolute Gasteiger partial charge is 0.508 e. The highest BCUT2D eigenvalue weighted by molar-refractivity contribution is 5.94. The Morgan fingerprint density at radius 2 is 1.30 bits per heavy atom. The number of amides is 3. The van der Waals surface area contributed by atoms with Crippen LogP contribution in [0, 0.1) is 0 Å². The van der Waals surface area contributed by atoms with Crippen molar-refractivity contribution in [2.75, 3.05) is 6.54 Å². The van der Waals surface area contributed by atoms with Crippen molar-refractivity contribution in [3.8, 4) is 5.75 Å². The Balaban J connectivity index is 2.24. The maximum atomic E-state index is 13.5. The number of nitrogens with one attached hydrogen (secondary N) is 3. The molecule has 0 fully saturated rings. The van der Waals surface area contributed by atoms with Crippen molar-refractivity contribution in [3.63, 3.8) is 0 Å². The standard InChI is InChI=1S/C29H39N7O8/c30-20(15-18-8-10-19(37)11-9-18)25(40)34-21(7-4-14-33-29(31)32)26(41)36-23(16-17-5-2-1-3-6-17)27(42)35-22(28(43)44)12-13-24(38)39/h1-3,5-6,8-11,20-23,37H,4,7,12-16,30H2,(H,34,40)(H,35,42)(H,36,41)(H,38,39)(H,43,44)(H4,31,32,33). The number of phenols is 1. The number of rotatable bonds is 18. The van der Waals surface area contributed by atoms with E-state index in [0.29, 0.717) is 11.1 Å². The van der Waals surface area contributed by atoms with E-state index in [4.69, 9.17) is 22.3 Å². The number of aliphatic carboxylic acids is 2. The minimum atomic E-state index is -1.51. The number of carboxylic acid groups (broad SMARTS) is 2. The molecule has 0 aliphatic heterocycles. The van der Waals surface area contributed by atoms with Gasteiger partial charge in [0, 0.05) is 19.4 Å². The van der Waals surface area contributed by atoms with Crippen molar-refractivity contribution in [1.29, 1.82) is 0 Å². The summed E-state index contributed by atoms with van der Waals surface area (Å²) in [5.74, 6) is -5.01. The SMILES string of the molecule is NC(N)=NCCCC(NC(=O)C(N)Cc1ccc(O)cc1)C(=O)NC(Cc1ccccc1)C(=O)NC(CCC(=O)O)C(=O)O. The number of hydrogen-bond donors (Lipinski definition) is 9. The topological polar surface area (TPSA) is 273 Å². The zero-order valence-corrected chi connectivity index (χ0v) is 24.0. The third-order valence-electron chi connectivity index (χ3n) is 6.48. The molecule has 4 atom stereocenters. The van der Waals surface area contributed by atoms with Crippen LogP contribution in [0.3, 0.4) is 0 Å². The van der Waals surface area contributed by atoms with Gasteiger partial charge in [-0.15, -0.1) is 0 Å². The minimum absolute atomic E-state index is 0.0291. The number of guanidine groups is 1. The average molecular weight is 614 g/mol. The van der Waals surface area contributed by atoms with Gasteiger partial charge in [-0.2, -0.15) is 0 Å². The Labute approximate surface area is 253 Å². The van der Waals surface area contributed by atoms with Gasteiger partial charge in [0.05, 0.1) is 6.04 Å². The number of nitrogens with zero attached hydrogens (tertiary/aromatic N) is 1. The van der Waals surface area contributed by atoms with E-state index in [0.717, 1.165) is 0 Å². The maximum absolute atomic E-state index is 13.5. The number of aliphatic imine (C=N–C) groups is 1. The molecule has 15 nitrogen and oxygen atoms in total. The van der Waals surface area contributed by atoms with Crippen LogP contribution in [-0.4, -0.2) is 81.7 Å². The summed E-state index contributed by atoms with van der Waals surface area (Å²) in [7, 11) is 0. The summed E-state index contributed by atoms with van der Waals surface area (Å²) in [5, 5.41) is 35.5. The zero-order chi connectivity index (χ0) is 32.6. The highest BCUT2D eigenvalue weighted by Gasteiger charge is 2.30. The van der Waals surface area contributed by atoms with Crippen LogP contribution in [0.25, 0.3) is 0 Å². The van der Waals surface area contributed by atoms with Crippen LogP contribution in [-0.2, 0) is 36.8 Å². The summed E-state index contributed by atoms with van der Waals surface area (Å²) in [6, 6.07) is 9.73. The van der Waals surface area contributed by atoms with E-state index in [1.165, 1.54) is 12.1 Å². The molecule has 0 radical (unpaired) electrons. The molecule has 0 saturated heterocycles. The van der Waals surface area contributed by atoms with Gasteiger partial charge in [0.1, 0.15) is 23.9 Å². The van der Waals surface area contributed by atoms with Crippen molar-refractivity contribution >= 4 is 35.6 Å². The average Bonchev–Trinajstić information content (AvgIpc) is 2.97. The molecule has 12 N–H and O–H groups in total. The van der Waals surface area contributed by atoms with Crippen LogP contribution in [0.1, 0.15) is 36.8 Å². The first-order valence-electron chi connectivity index (χ1n) is 13.8. The Hall–Kier alpha value is -5.18. The second kappa shape index (κ2) is 17.7. The molecule has 44 heavy (non-hydrogen) atoms. The van der Waals surface area contributed by atoms with Gasteiger partial charge in [-0.05, 0) is 48.9 Å². The molecule has 0 aromatic heterocycles. The molecule has 0 heterocycles. The van der Waals surface area contributed by atoms with Crippen LogP contribution >= 0.6 is 0 Å². The lowest BCUT2D eigenvalue weighted by atomic mass is 10.0. The van der Waals surface area contributed by atoms with Crippen LogP contribution in [0.4, 0.5) is 0 Å². The Kier molecular flexibility index (Phi) is 14.1. The molecule has 2 rings (SSSR count). The number of aromatic hydroxyl groups is 1. The summed E-state index contributed by atoms with van der Waals surface area (Å²) in [6.45, 7) is 0.152. The van der Waals surface area contributed by atoms with Gasteiger partial charge in [0.15, 0.2) is 5.96 Å². The summed E-state index contributed by atoms with van der Waals surface area (Å²) < 4.78 is 0. The van der Waals surface area contributed by atoms with Crippen molar-refractivity contribution in [3.05, 3.63) is 65.7 Å². The molecule has 3 amide bonds. The summed E-state index contributed by atoms with van der Waals surface area (Å²) in [5.41, 5.74) is 18.2. The Bertz CT molecular complexity index is 1300. The van der Waals surface area contributed by atoms with E-state index in [1.807, 2.05) is 0 Å². The third kappa shape index (κ3) is 12.8. The van der Waals surface area contributed by atoms with E-state index < -0.39 is 60.2 Å². The van der Waals surface area contributed by atoms with E-state index in [-0.39, 0.29) is 50.4 Å². The molecule has 0 aliphatic carbocycles. The van der Waals surface area contributed by atoms with Crippen molar-refractivity contribution < 1.29 is 39.3 Å². The predicted octanol–water partition coefficient (Wildman–Crippen LogP) is -1.04. The molecule has 2 aromatic rings. The van der Waals surface area contributed by atoms with Gasteiger partial charge < -0.3 is 48.5 Å². The number of hydrogen-bond acceptors (Lipinski definition) is 8. The summed E-state index contributed by atoms with van der Waals surface area (Å²) in [6.07, 6.45) is -0.448. The number of benzene rings is 2. The number of carboxylic acids is 2. The fraction of sp³-hybridized carbons (Fsp3) is 0.379. The fourth-order valence-corrected chi connectivity index (χ4v) is 4.16. The van der Waals surface area contributed by atoms with E-state index in [9.17, 15) is 34.2 Å². The van der Waals surface area contributed by atoms with Gasteiger partial charge in [-0.3, -0.25) is 24.2 Å². The van der Waals surface area contributed by atoms with Crippen LogP contribution in [0.5, 0.6) is 5.75 Å². The maximum Gasteiger partial charge on any atom is 0.326 e. The third-order valence-corrected chi connectivity index (χ3v) is 6.48. The van der Waals surface area contributed by atoms with Gasteiger partial charge in [-0.1, -0.05) is 42.5 Å². The Morgan fingerprint density at radius 3 is 1.89 bits per heavy atom. The van der Waals surface area contributed by atoms with Crippen molar-refractivity contribution in [2.24, 2.45) is 22.2 Å². The molecule has 15 heteroatoms. The first-order valence-corrected chi connectivity index (χ1v) is 13.8. The lowest BCUT2D eigenvalue weighted by Crippen LogP contribution is -2.57. The lowest BCUT2D eigenvalue weighted by molar-refractivity contribution is -0.143. The quantitative estimate of drug-likeness (QED) is 0.0556. The second-order valence-electron chi connectivity index (χ2n) is 10.1. The normalized spacial score (nSPS) is 13.4. The number of carbonyl (C=O) groups is 5. The lowest BCUT2D eigenvalue weighted by Gasteiger charge is -2.25. The molecular formula is C29H39N7O8. The fourth-order valence-electron chi connectivity index (χ4n) is 4.16. The molecule has 4 unspecified atom stereocenters. The summed E-state index contributed by atoms with van der Waals surface area (Å²) in [4.78, 5) is 66.3. The van der Waals surface area contributed by atoms with Gasteiger partial charge >= 0.3 is 11.9 Å². The first-order chi connectivity index (χ1) is 20.8. The van der Waals surface area contributed by atoms with E-state index in [1.54, 1.807) is 42.5 Å². The van der Waals surface area contributed by atoms with Crippen LogP contribution < -0.4 is 33.2 Å².